The van der Waals surface area contributed by atoms with E-state index in [9.17, 15) is 8.78 Å². The normalized spacial score (nSPS) is 20.2. The summed E-state index contributed by atoms with van der Waals surface area (Å²) in [6, 6.07) is 7.44. The molecule has 0 amide bonds. The second-order valence-electron chi connectivity index (χ2n) is 5.34. The molecule has 22 heavy (non-hydrogen) atoms. The maximum Gasteiger partial charge on any atom is 0.242 e. The molecule has 1 aromatic heterocycles. The first kappa shape index (κ1) is 14.8. The average Bonchev–Trinajstić information content (AvgIpc) is 3.33. The Hall–Kier alpha value is -2.08. The van der Waals surface area contributed by atoms with Crippen molar-refractivity contribution in [3.63, 3.8) is 0 Å². The Kier molecular flexibility index (Phi) is 4.29. The first-order valence-corrected chi connectivity index (χ1v) is 7.15. The van der Waals surface area contributed by atoms with Crippen molar-refractivity contribution in [2.45, 2.75) is 25.4 Å². The van der Waals surface area contributed by atoms with Crippen LogP contribution in [0.3, 0.4) is 0 Å². The average molecular weight is 305 g/mol. The van der Waals surface area contributed by atoms with Gasteiger partial charge >= 0.3 is 0 Å². The summed E-state index contributed by atoms with van der Waals surface area (Å²) in [6.45, 7) is 0.500. The predicted molar refractivity (Wildman–Crippen MR) is 78.8 cm³/mol. The highest BCUT2D eigenvalue weighted by Gasteiger charge is 2.43. The third kappa shape index (κ3) is 3.22. The zero-order chi connectivity index (χ0) is 15.5. The summed E-state index contributed by atoms with van der Waals surface area (Å²) in [6.07, 6.45) is 1.72. The zero-order valence-corrected chi connectivity index (χ0v) is 12.2. The summed E-state index contributed by atoms with van der Waals surface area (Å²) < 4.78 is 30.2. The summed E-state index contributed by atoms with van der Waals surface area (Å²) in [4.78, 5) is 8.66. The van der Waals surface area contributed by atoms with Crippen LogP contribution in [0.25, 0.3) is 11.4 Å². The Morgan fingerprint density at radius 2 is 2.00 bits per heavy atom. The molecule has 6 heteroatoms. The molecule has 1 fully saturated rings. The maximum atomic E-state index is 12.4. The fourth-order valence-electron chi connectivity index (χ4n) is 2.39. The highest BCUT2D eigenvalue weighted by atomic mass is 19.3. The first-order chi connectivity index (χ1) is 10.7. The third-order valence-corrected chi connectivity index (χ3v) is 3.79. The van der Waals surface area contributed by atoms with E-state index >= 15 is 0 Å². The van der Waals surface area contributed by atoms with Gasteiger partial charge in [0.25, 0.3) is 0 Å². The minimum atomic E-state index is -2.23. The number of hydrogen-bond acceptors (Lipinski definition) is 4. The van der Waals surface area contributed by atoms with E-state index in [1.165, 1.54) is 0 Å². The summed E-state index contributed by atoms with van der Waals surface area (Å²) in [7, 11) is 1.60. The van der Waals surface area contributed by atoms with Crippen LogP contribution in [-0.4, -0.2) is 29.5 Å². The van der Waals surface area contributed by atoms with Crippen LogP contribution in [0.1, 0.15) is 12.0 Å². The first-order valence-electron chi connectivity index (χ1n) is 7.15. The minimum absolute atomic E-state index is 0.0890. The lowest BCUT2D eigenvalue weighted by Gasteiger charge is -2.08. The molecule has 2 atom stereocenters. The number of nitrogens with one attached hydrogen (secondary N) is 1. The van der Waals surface area contributed by atoms with Crippen molar-refractivity contribution in [1.82, 2.24) is 15.3 Å². The monoisotopic (exact) mass is 305 g/mol. The molecule has 0 radical (unpaired) electrons. The number of methoxy groups -OCH3 is 1. The van der Waals surface area contributed by atoms with E-state index in [1.807, 2.05) is 24.3 Å². The molecule has 0 bridgehead atoms. The number of halogens is 2. The molecule has 3 rings (SSSR count). The van der Waals surface area contributed by atoms with Crippen LogP contribution >= 0.6 is 0 Å². The Morgan fingerprint density at radius 3 is 2.64 bits per heavy atom. The SMILES string of the molecule is COc1ccccc1-c1ncc(CN[C@H]2C[C@@H]2C(F)F)cn1. The second-order valence-corrected chi connectivity index (χ2v) is 5.34. The Labute approximate surface area is 127 Å². The lowest BCUT2D eigenvalue weighted by atomic mass is 10.2. The van der Waals surface area contributed by atoms with Crippen LogP contribution in [-0.2, 0) is 6.54 Å². The molecule has 1 heterocycles. The lowest BCUT2D eigenvalue weighted by molar-refractivity contribution is 0.118. The van der Waals surface area contributed by atoms with Crippen LogP contribution in [0, 0.1) is 5.92 Å². The number of rotatable bonds is 6. The summed E-state index contributed by atoms with van der Waals surface area (Å²) in [5, 5.41) is 3.10. The van der Waals surface area contributed by atoms with Crippen LogP contribution < -0.4 is 10.1 Å². The molecular weight excluding hydrogens is 288 g/mol. The number of benzene rings is 1. The molecule has 1 saturated carbocycles. The van der Waals surface area contributed by atoms with Gasteiger partial charge in [-0.15, -0.1) is 0 Å². The van der Waals surface area contributed by atoms with Gasteiger partial charge in [0.05, 0.1) is 12.7 Å². The number of alkyl halides is 2. The molecule has 2 aromatic rings. The Balaban J connectivity index is 1.63. The largest absolute Gasteiger partial charge is 0.496 e. The topological polar surface area (TPSA) is 47.0 Å². The van der Waals surface area contributed by atoms with Gasteiger partial charge in [0.15, 0.2) is 5.82 Å². The van der Waals surface area contributed by atoms with Crippen LogP contribution in [0.5, 0.6) is 5.75 Å². The number of aromatic nitrogens is 2. The molecule has 1 aromatic carbocycles. The number of ether oxygens (including phenoxy) is 1. The molecule has 1 aliphatic rings. The fourth-order valence-corrected chi connectivity index (χ4v) is 2.39. The number of para-hydroxylation sites is 1. The zero-order valence-electron chi connectivity index (χ0n) is 12.2. The molecule has 1 aliphatic carbocycles. The molecule has 0 spiro atoms. The van der Waals surface area contributed by atoms with E-state index in [0.29, 0.717) is 24.5 Å². The summed E-state index contributed by atoms with van der Waals surface area (Å²) in [5.41, 5.74) is 1.70. The van der Waals surface area contributed by atoms with E-state index in [2.05, 4.69) is 15.3 Å². The smallest absolute Gasteiger partial charge is 0.242 e. The Morgan fingerprint density at radius 1 is 1.27 bits per heavy atom. The van der Waals surface area contributed by atoms with Gasteiger partial charge in [-0.2, -0.15) is 0 Å². The third-order valence-electron chi connectivity index (χ3n) is 3.79. The van der Waals surface area contributed by atoms with Crippen LogP contribution in [0.15, 0.2) is 36.7 Å². The van der Waals surface area contributed by atoms with Crippen molar-refractivity contribution < 1.29 is 13.5 Å². The van der Waals surface area contributed by atoms with Crippen molar-refractivity contribution in [3.05, 3.63) is 42.2 Å². The molecule has 0 saturated heterocycles. The van der Waals surface area contributed by atoms with Gasteiger partial charge in [0.2, 0.25) is 6.43 Å². The molecule has 116 valence electrons. The quantitative estimate of drug-likeness (QED) is 0.891. The van der Waals surface area contributed by atoms with Crippen molar-refractivity contribution in [3.8, 4) is 17.1 Å². The predicted octanol–water partition coefficient (Wildman–Crippen LogP) is 2.90. The van der Waals surface area contributed by atoms with E-state index in [1.54, 1.807) is 19.5 Å². The van der Waals surface area contributed by atoms with E-state index in [0.717, 1.165) is 11.1 Å². The Bertz CT molecular complexity index is 634. The molecular formula is C16H17F2N3O. The molecule has 4 nitrogen and oxygen atoms in total. The van der Waals surface area contributed by atoms with Gasteiger partial charge in [-0.25, -0.2) is 18.7 Å². The van der Waals surface area contributed by atoms with E-state index in [4.69, 9.17) is 4.74 Å². The highest BCUT2D eigenvalue weighted by molar-refractivity contribution is 5.63. The van der Waals surface area contributed by atoms with E-state index in [-0.39, 0.29) is 6.04 Å². The van der Waals surface area contributed by atoms with Gasteiger partial charge in [0, 0.05) is 36.5 Å². The van der Waals surface area contributed by atoms with Gasteiger partial charge < -0.3 is 10.1 Å². The second kappa shape index (κ2) is 6.36. The van der Waals surface area contributed by atoms with Crippen LogP contribution in [0.2, 0.25) is 0 Å². The lowest BCUT2D eigenvalue weighted by Crippen LogP contribution is -2.19. The van der Waals surface area contributed by atoms with Crippen molar-refractivity contribution in [2.24, 2.45) is 5.92 Å². The van der Waals surface area contributed by atoms with E-state index < -0.39 is 12.3 Å². The molecule has 1 N–H and O–H groups in total. The molecule has 0 unspecified atom stereocenters. The van der Waals surface area contributed by atoms with Crippen molar-refractivity contribution >= 4 is 0 Å². The highest BCUT2D eigenvalue weighted by Crippen LogP contribution is 2.36. The fraction of sp³-hybridized carbons (Fsp3) is 0.375. The summed E-state index contributed by atoms with van der Waals surface area (Å²) >= 11 is 0. The van der Waals surface area contributed by atoms with Gasteiger partial charge in [0.1, 0.15) is 5.75 Å². The number of hydrogen-bond donors (Lipinski definition) is 1. The van der Waals surface area contributed by atoms with Gasteiger partial charge in [-0.05, 0) is 18.6 Å². The number of nitrogens with zero attached hydrogens (tertiary/aromatic N) is 2. The van der Waals surface area contributed by atoms with Crippen molar-refractivity contribution in [2.75, 3.05) is 7.11 Å². The van der Waals surface area contributed by atoms with Crippen molar-refractivity contribution in [1.29, 1.82) is 0 Å². The van der Waals surface area contributed by atoms with Gasteiger partial charge in [-0.3, -0.25) is 0 Å². The minimum Gasteiger partial charge on any atom is -0.496 e. The maximum absolute atomic E-state index is 12.4. The standard InChI is InChI=1S/C16H17F2N3O/c1-22-14-5-3-2-4-11(14)16-20-8-10(9-21-16)7-19-13-6-12(13)15(17)18/h2-5,8-9,12-13,15,19H,6-7H2,1H3/t12-,13-/m0/s1. The van der Waals surface area contributed by atoms with Crippen LogP contribution in [0.4, 0.5) is 8.78 Å². The summed E-state index contributed by atoms with van der Waals surface area (Å²) in [5.74, 6) is 0.790. The molecule has 0 aliphatic heterocycles. The van der Waals surface area contributed by atoms with Gasteiger partial charge in [-0.1, -0.05) is 12.1 Å².